The molecule has 0 spiro atoms. The van der Waals surface area contributed by atoms with Crippen LogP contribution >= 0.6 is 12.4 Å². The highest BCUT2D eigenvalue weighted by Gasteiger charge is 2.26. The second-order valence-corrected chi connectivity index (χ2v) is 4.86. The van der Waals surface area contributed by atoms with Crippen molar-refractivity contribution in [3.05, 3.63) is 29.3 Å². The molecular weight excluding hydrogens is 292 g/mol. The van der Waals surface area contributed by atoms with E-state index in [0.29, 0.717) is 19.7 Å². The van der Waals surface area contributed by atoms with E-state index in [1.54, 1.807) is 14.2 Å². The van der Waals surface area contributed by atoms with Crippen LogP contribution in [0.3, 0.4) is 0 Å². The van der Waals surface area contributed by atoms with Gasteiger partial charge in [-0.2, -0.15) is 0 Å². The molecule has 118 valence electrons. The van der Waals surface area contributed by atoms with Gasteiger partial charge in [0.25, 0.3) is 0 Å². The van der Waals surface area contributed by atoms with Gasteiger partial charge in [0.05, 0.1) is 26.3 Å². The Morgan fingerprint density at radius 3 is 2.90 bits per heavy atom. The molecule has 21 heavy (non-hydrogen) atoms. The molecule has 1 aliphatic rings. The minimum absolute atomic E-state index is 0. The third-order valence-electron chi connectivity index (χ3n) is 3.55. The van der Waals surface area contributed by atoms with Crippen molar-refractivity contribution < 1.29 is 14.3 Å². The van der Waals surface area contributed by atoms with Gasteiger partial charge in [-0.1, -0.05) is 12.1 Å². The lowest BCUT2D eigenvalue weighted by atomic mass is 10.1. The Morgan fingerprint density at radius 1 is 1.38 bits per heavy atom. The molecule has 0 fully saturated rings. The van der Waals surface area contributed by atoms with E-state index in [4.69, 9.17) is 9.47 Å². The zero-order chi connectivity index (χ0) is 14.4. The maximum atomic E-state index is 11.9. The molecule has 2 N–H and O–H groups in total. The van der Waals surface area contributed by atoms with Gasteiger partial charge in [0.2, 0.25) is 5.91 Å². The normalized spacial score (nSPS) is 16.0. The molecule has 0 saturated carbocycles. The summed E-state index contributed by atoms with van der Waals surface area (Å²) in [5.41, 5.74) is 2.39. The van der Waals surface area contributed by atoms with E-state index in [9.17, 15) is 4.79 Å². The van der Waals surface area contributed by atoms with Crippen LogP contribution in [0.15, 0.2) is 18.2 Å². The summed E-state index contributed by atoms with van der Waals surface area (Å²) in [6.45, 7) is 1.61. The van der Waals surface area contributed by atoms with Crippen molar-refractivity contribution in [2.24, 2.45) is 0 Å². The Morgan fingerprint density at radius 2 is 2.19 bits per heavy atom. The maximum absolute atomic E-state index is 11.9. The minimum atomic E-state index is 0. The van der Waals surface area contributed by atoms with E-state index in [-0.39, 0.29) is 24.4 Å². The molecule has 0 heterocycles. The van der Waals surface area contributed by atoms with Crippen LogP contribution in [-0.4, -0.2) is 39.8 Å². The summed E-state index contributed by atoms with van der Waals surface area (Å²) in [5.74, 6) is 0.930. The number of carbonyl (C=O) groups excluding carboxylic acids is 1. The zero-order valence-corrected chi connectivity index (χ0v) is 13.3. The van der Waals surface area contributed by atoms with Gasteiger partial charge in [-0.3, -0.25) is 4.79 Å². The van der Waals surface area contributed by atoms with Crippen LogP contribution in [0.25, 0.3) is 0 Å². The molecule has 1 amide bonds. The molecule has 0 bridgehead atoms. The predicted molar refractivity (Wildman–Crippen MR) is 84.2 cm³/mol. The molecule has 1 aromatic rings. The van der Waals surface area contributed by atoms with Gasteiger partial charge in [-0.25, -0.2) is 0 Å². The lowest BCUT2D eigenvalue weighted by molar-refractivity contribution is -0.121. The quantitative estimate of drug-likeness (QED) is 0.748. The number of rotatable bonds is 7. The first kappa shape index (κ1) is 17.8. The van der Waals surface area contributed by atoms with E-state index < -0.39 is 0 Å². The highest BCUT2D eigenvalue weighted by molar-refractivity contribution is 5.85. The SMILES string of the molecule is COCCNCC(=O)NC1CCc2c(OC)cccc21.Cl. The number of amides is 1. The van der Waals surface area contributed by atoms with Crippen molar-refractivity contribution in [1.82, 2.24) is 10.6 Å². The number of nitrogens with one attached hydrogen (secondary N) is 2. The summed E-state index contributed by atoms with van der Waals surface area (Å²) < 4.78 is 10.3. The van der Waals surface area contributed by atoms with E-state index >= 15 is 0 Å². The summed E-state index contributed by atoms with van der Waals surface area (Å²) in [6.07, 6.45) is 1.88. The number of carbonyl (C=O) groups is 1. The highest BCUT2D eigenvalue weighted by atomic mass is 35.5. The summed E-state index contributed by atoms with van der Waals surface area (Å²) in [7, 11) is 3.33. The van der Waals surface area contributed by atoms with E-state index in [1.165, 1.54) is 11.1 Å². The minimum Gasteiger partial charge on any atom is -0.496 e. The van der Waals surface area contributed by atoms with Gasteiger partial charge in [0.15, 0.2) is 0 Å². The third kappa shape index (κ3) is 4.59. The lowest BCUT2D eigenvalue weighted by Crippen LogP contribution is -2.36. The molecule has 6 heteroatoms. The molecule has 0 aliphatic heterocycles. The molecule has 5 nitrogen and oxygen atoms in total. The Labute approximate surface area is 131 Å². The zero-order valence-electron chi connectivity index (χ0n) is 12.5. The van der Waals surface area contributed by atoms with Crippen LogP contribution in [0.4, 0.5) is 0 Å². The van der Waals surface area contributed by atoms with E-state index in [0.717, 1.165) is 18.6 Å². The highest BCUT2D eigenvalue weighted by Crippen LogP contribution is 2.36. The first-order valence-corrected chi connectivity index (χ1v) is 6.91. The Kier molecular flexibility index (Phi) is 7.50. The maximum Gasteiger partial charge on any atom is 0.234 e. The fourth-order valence-electron chi connectivity index (χ4n) is 2.58. The molecule has 2 rings (SSSR count). The number of hydrogen-bond donors (Lipinski definition) is 2. The van der Waals surface area contributed by atoms with Crippen LogP contribution in [0.1, 0.15) is 23.6 Å². The fraction of sp³-hybridized carbons (Fsp3) is 0.533. The average Bonchev–Trinajstić information content (AvgIpc) is 2.87. The smallest absolute Gasteiger partial charge is 0.234 e. The molecule has 0 aromatic heterocycles. The predicted octanol–water partition coefficient (Wildman–Crippen LogP) is 1.46. The molecule has 0 radical (unpaired) electrons. The molecule has 1 unspecified atom stereocenters. The van der Waals surface area contributed by atoms with Crippen molar-refractivity contribution in [3.8, 4) is 5.75 Å². The van der Waals surface area contributed by atoms with Crippen LogP contribution in [-0.2, 0) is 16.0 Å². The topological polar surface area (TPSA) is 59.6 Å². The number of ether oxygens (including phenoxy) is 2. The van der Waals surface area contributed by atoms with Crippen LogP contribution in [0, 0.1) is 0 Å². The monoisotopic (exact) mass is 314 g/mol. The summed E-state index contributed by atoms with van der Waals surface area (Å²) in [5, 5.41) is 6.11. The van der Waals surface area contributed by atoms with Gasteiger partial charge in [0.1, 0.15) is 5.75 Å². The van der Waals surface area contributed by atoms with Crippen LogP contribution in [0.2, 0.25) is 0 Å². The van der Waals surface area contributed by atoms with Gasteiger partial charge >= 0.3 is 0 Å². The average molecular weight is 315 g/mol. The first-order chi connectivity index (χ1) is 9.76. The second kappa shape index (κ2) is 8.87. The summed E-state index contributed by atoms with van der Waals surface area (Å²) in [4.78, 5) is 11.9. The number of fused-ring (bicyclic) bond motifs is 1. The van der Waals surface area contributed by atoms with Gasteiger partial charge in [-0.15, -0.1) is 12.4 Å². The summed E-state index contributed by atoms with van der Waals surface area (Å²) >= 11 is 0. The van der Waals surface area contributed by atoms with Crippen molar-refractivity contribution >= 4 is 18.3 Å². The molecule has 1 atom stereocenters. The molecule has 1 aromatic carbocycles. The Bertz CT molecular complexity index is 468. The van der Waals surface area contributed by atoms with Crippen LogP contribution in [0.5, 0.6) is 5.75 Å². The summed E-state index contributed by atoms with van der Waals surface area (Å²) in [6, 6.07) is 6.10. The lowest BCUT2D eigenvalue weighted by Gasteiger charge is -2.15. The molecule has 0 saturated heterocycles. The third-order valence-corrected chi connectivity index (χ3v) is 3.55. The molecular formula is C15H23ClN2O3. The van der Waals surface area contributed by atoms with Gasteiger partial charge < -0.3 is 20.1 Å². The van der Waals surface area contributed by atoms with Crippen LogP contribution < -0.4 is 15.4 Å². The van der Waals surface area contributed by atoms with Crippen molar-refractivity contribution in [3.63, 3.8) is 0 Å². The number of hydrogen-bond acceptors (Lipinski definition) is 4. The first-order valence-electron chi connectivity index (χ1n) is 6.91. The number of benzene rings is 1. The second-order valence-electron chi connectivity index (χ2n) is 4.86. The number of methoxy groups -OCH3 is 2. The van der Waals surface area contributed by atoms with Crippen molar-refractivity contribution in [2.45, 2.75) is 18.9 Å². The Balaban J connectivity index is 0.00000220. The van der Waals surface area contributed by atoms with E-state index in [1.807, 2.05) is 12.1 Å². The van der Waals surface area contributed by atoms with Crippen molar-refractivity contribution in [2.75, 3.05) is 33.9 Å². The standard InChI is InChI=1S/C15H22N2O3.ClH/c1-19-9-8-16-10-15(18)17-13-7-6-12-11(13)4-3-5-14(12)20-2;/h3-5,13,16H,6-10H2,1-2H3,(H,17,18);1H. The fourth-order valence-corrected chi connectivity index (χ4v) is 2.58. The van der Waals surface area contributed by atoms with E-state index in [2.05, 4.69) is 16.7 Å². The largest absolute Gasteiger partial charge is 0.496 e. The van der Waals surface area contributed by atoms with Gasteiger partial charge in [0, 0.05) is 13.7 Å². The Hall–Kier alpha value is -1.30. The molecule has 1 aliphatic carbocycles. The van der Waals surface area contributed by atoms with Gasteiger partial charge in [-0.05, 0) is 30.0 Å². The number of halogens is 1. The van der Waals surface area contributed by atoms with Crippen molar-refractivity contribution in [1.29, 1.82) is 0 Å².